The summed E-state index contributed by atoms with van der Waals surface area (Å²) in [6.07, 6.45) is 3.13. The number of morpholine rings is 1. The highest BCUT2D eigenvalue weighted by Gasteiger charge is 2.35. The van der Waals surface area contributed by atoms with E-state index in [9.17, 15) is 19.2 Å². The Hall–Kier alpha value is -2.42. The summed E-state index contributed by atoms with van der Waals surface area (Å²) < 4.78 is 5.21. The van der Waals surface area contributed by atoms with Crippen molar-refractivity contribution in [1.29, 1.82) is 0 Å². The van der Waals surface area contributed by atoms with Gasteiger partial charge in [-0.15, -0.1) is 6.58 Å². The molecule has 2 saturated heterocycles. The minimum Gasteiger partial charge on any atom is -0.378 e. The van der Waals surface area contributed by atoms with Gasteiger partial charge in [0, 0.05) is 32.5 Å². The summed E-state index contributed by atoms with van der Waals surface area (Å²) in [5.74, 6) is -1.35. The van der Waals surface area contributed by atoms with Crippen LogP contribution in [-0.2, 0) is 23.9 Å². The van der Waals surface area contributed by atoms with Crippen LogP contribution in [0.5, 0.6) is 0 Å². The zero-order valence-corrected chi connectivity index (χ0v) is 15.5. The largest absolute Gasteiger partial charge is 0.378 e. The predicted molar refractivity (Wildman–Crippen MR) is 97.3 cm³/mol. The van der Waals surface area contributed by atoms with Gasteiger partial charge in [-0.3, -0.25) is 19.2 Å². The second-order valence-corrected chi connectivity index (χ2v) is 6.73. The number of nitrogens with zero attached hydrogens (tertiary/aromatic N) is 2. The lowest BCUT2D eigenvalue weighted by Crippen LogP contribution is -2.52. The Morgan fingerprint density at radius 2 is 1.81 bits per heavy atom. The molecule has 2 atom stereocenters. The van der Waals surface area contributed by atoms with Crippen molar-refractivity contribution in [3.8, 4) is 0 Å². The fourth-order valence-corrected chi connectivity index (χ4v) is 3.35. The van der Waals surface area contributed by atoms with Crippen molar-refractivity contribution in [2.45, 2.75) is 44.2 Å². The van der Waals surface area contributed by atoms with Gasteiger partial charge in [0.2, 0.25) is 23.6 Å². The summed E-state index contributed by atoms with van der Waals surface area (Å²) in [6, 6.07) is -1.47. The molecule has 9 nitrogen and oxygen atoms in total. The normalized spacial score (nSPS) is 20.8. The van der Waals surface area contributed by atoms with E-state index in [1.165, 1.54) is 11.0 Å². The van der Waals surface area contributed by atoms with Crippen molar-refractivity contribution in [2.75, 3.05) is 32.8 Å². The Balaban J connectivity index is 1.87. The van der Waals surface area contributed by atoms with Crippen LogP contribution in [0.25, 0.3) is 0 Å². The van der Waals surface area contributed by atoms with E-state index in [2.05, 4.69) is 11.9 Å². The zero-order chi connectivity index (χ0) is 19.8. The SMILES string of the molecule is C=CCC(NC(=O)[C@@H]1CCCN1C(=O)CCC(=O)N1CCOCC1)C(N)=O. The predicted octanol–water partition coefficient (Wildman–Crippen LogP) is -0.837. The quantitative estimate of drug-likeness (QED) is 0.532. The topological polar surface area (TPSA) is 122 Å². The summed E-state index contributed by atoms with van der Waals surface area (Å²) >= 11 is 0. The van der Waals surface area contributed by atoms with Gasteiger partial charge in [0.25, 0.3) is 0 Å². The second-order valence-electron chi connectivity index (χ2n) is 6.73. The molecule has 2 heterocycles. The summed E-state index contributed by atoms with van der Waals surface area (Å²) in [5.41, 5.74) is 5.28. The number of carbonyl (C=O) groups excluding carboxylic acids is 4. The lowest BCUT2D eigenvalue weighted by molar-refractivity contribution is -0.142. The van der Waals surface area contributed by atoms with Gasteiger partial charge in [0.05, 0.1) is 13.2 Å². The van der Waals surface area contributed by atoms with Crippen LogP contribution in [-0.4, -0.2) is 78.4 Å². The van der Waals surface area contributed by atoms with Crippen molar-refractivity contribution in [3.05, 3.63) is 12.7 Å². The fraction of sp³-hybridized carbons (Fsp3) is 0.667. The molecule has 0 bridgehead atoms. The monoisotopic (exact) mass is 380 g/mol. The van der Waals surface area contributed by atoms with Crippen molar-refractivity contribution < 1.29 is 23.9 Å². The second kappa shape index (κ2) is 10.1. The average Bonchev–Trinajstić information content (AvgIpc) is 3.16. The third-order valence-electron chi connectivity index (χ3n) is 4.85. The minimum atomic E-state index is -0.838. The molecule has 2 fully saturated rings. The molecule has 2 aliphatic rings. The fourth-order valence-electron chi connectivity index (χ4n) is 3.35. The van der Waals surface area contributed by atoms with E-state index in [1.807, 2.05) is 0 Å². The molecule has 0 spiro atoms. The lowest BCUT2D eigenvalue weighted by atomic mass is 10.1. The van der Waals surface area contributed by atoms with Gasteiger partial charge in [-0.05, 0) is 19.3 Å². The first-order valence-corrected chi connectivity index (χ1v) is 9.29. The summed E-state index contributed by atoms with van der Waals surface area (Å²) in [7, 11) is 0. The molecule has 2 rings (SSSR count). The Morgan fingerprint density at radius 3 is 2.44 bits per heavy atom. The summed E-state index contributed by atoms with van der Waals surface area (Å²) in [6.45, 7) is 6.12. The maximum absolute atomic E-state index is 12.5. The lowest BCUT2D eigenvalue weighted by Gasteiger charge is -2.28. The molecule has 0 aromatic heterocycles. The van der Waals surface area contributed by atoms with Gasteiger partial charge in [-0.1, -0.05) is 6.08 Å². The maximum Gasteiger partial charge on any atom is 0.243 e. The molecule has 0 aromatic carbocycles. The highest BCUT2D eigenvalue weighted by atomic mass is 16.5. The Morgan fingerprint density at radius 1 is 1.15 bits per heavy atom. The molecular formula is C18H28N4O5. The Kier molecular flexibility index (Phi) is 7.78. The summed E-state index contributed by atoms with van der Waals surface area (Å²) in [5, 5.41) is 2.59. The third-order valence-corrected chi connectivity index (χ3v) is 4.85. The van der Waals surface area contributed by atoms with Crippen LogP contribution >= 0.6 is 0 Å². The van der Waals surface area contributed by atoms with Crippen molar-refractivity contribution >= 4 is 23.6 Å². The number of hydrogen-bond acceptors (Lipinski definition) is 5. The Labute approximate surface area is 158 Å². The van der Waals surface area contributed by atoms with Gasteiger partial charge in [0.15, 0.2) is 0 Å². The Bertz CT molecular complexity index is 588. The number of nitrogens with one attached hydrogen (secondary N) is 1. The van der Waals surface area contributed by atoms with Crippen LogP contribution in [0.2, 0.25) is 0 Å². The molecule has 4 amide bonds. The molecule has 150 valence electrons. The standard InChI is InChI=1S/C18H28N4O5/c1-2-4-13(17(19)25)20-18(26)14-5-3-8-22(14)16(24)7-6-15(23)21-9-11-27-12-10-21/h2,13-14H,1,3-12H2,(H2,19,25)(H,20,26)/t13?,14-/m0/s1. The number of amides is 4. The first kappa shape index (κ1) is 20.9. The van der Waals surface area contributed by atoms with Crippen LogP contribution in [0.15, 0.2) is 12.7 Å². The van der Waals surface area contributed by atoms with Gasteiger partial charge in [0.1, 0.15) is 12.1 Å². The smallest absolute Gasteiger partial charge is 0.243 e. The molecule has 1 unspecified atom stereocenters. The number of nitrogens with two attached hydrogens (primary N) is 1. The van der Waals surface area contributed by atoms with E-state index in [4.69, 9.17) is 10.5 Å². The van der Waals surface area contributed by atoms with Crippen LogP contribution in [0, 0.1) is 0 Å². The average molecular weight is 380 g/mol. The van der Waals surface area contributed by atoms with Crippen molar-refractivity contribution in [2.24, 2.45) is 5.73 Å². The van der Waals surface area contributed by atoms with Crippen LogP contribution in [0.4, 0.5) is 0 Å². The minimum absolute atomic E-state index is 0.0614. The van der Waals surface area contributed by atoms with Crippen LogP contribution in [0.3, 0.4) is 0 Å². The number of rotatable bonds is 8. The van der Waals surface area contributed by atoms with Crippen LogP contribution < -0.4 is 11.1 Å². The zero-order valence-electron chi connectivity index (χ0n) is 15.5. The highest BCUT2D eigenvalue weighted by Crippen LogP contribution is 2.19. The molecular weight excluding hydrogens is 352 g/mol. The first-order chi connectivity index (χ1) is 12.9. The molecule has 0 radical (unpaired) electrons. The van der Waals surface area contributed by atoms with E-state index in [-0.39, 0.29) is 31.1 Å². The van der Waals surface area contributed by atoms with Gasteiger partial charge < -0.3 is 25.6 Å². The molecule has 2 aliphatic heterocycles. The van der Waals surface area contributed by atoms with E-state index in [1.54, 1.807) is 4.90 Å². The number of ether oxygens (including phenoxy) is 1. The molecule has 27 heavy (non-hydrogen) atoms. The first-order valence-electron chi connectivity index (χ1n) is 9.29. The van der Waals surface area contributed by atoms with Gasteiger partial charge >= 0.3 is 0 Å². The number of hydrogen-bond donors (Lipinski definition) is 2. The number of primary amides is 1. The van der Waals surface area contributed by atoms with Crippen LogP contribution in [0.1, 0.15) is 32.1 Å². The van der Waals surface area contributed by atoms with Gasteiger partial charge in [-0.25, -0.2) is 0 Å². The van der Waals surface area contributed by atoms with Gasteiger partial charge in [-0.2, -0.15) is 0 Å². The van der Waals surface area contributed by atoms with E-state index in [0.29, 0.717) is 45.7 Å². The van der Waals surface area contributed by atoms with Crippen molar-refractivity contribution in [3.63, 3.8) is 0 Å². The highest BCUT2D eigenvalue weighted by molar-refractivity contribution is 5.92. The molecule has 0 saturated carbocycles. The maximum atomic E-state index is 12.5. The summed E-state index contributed by atoms with van der Waals surface area (Å²) in [4.78, 5) is 51.8. The molecule has 0 aliphatic carbocycles. The number of likely N-dealkylation sites (tertiary alicyclic amines) is 1. The molecule has 9 heteroatoms. The van der Waals surface area contributed by atoms with E-state index < -0.39 is 23.9 Å². The molecule has 0 aromatic rings. The van der Waals surface area contributed by atoms with E-state index >= 15 is 0 Å². The molecule has 3 N–H and O–H groups in total. The third kappa shape index (κ3) is 5.78. The number of carbonyl (C=O) groups is 4. The van der Waals surface area contributed by atoms with Crippen molar-refractivity contribution in [1.82, 2.24) is 15.1 Å². The van der Waals surface area contributed by atoms with E-state index in [0.717, 1.165) is 0 Å².